The number of hydrogen-bond acceptors (Lipinski definition) is 4. The first-order chi connectivity index (χ1) is 6.24. The van der Waals surface area contributed by atoms with E-state index in [4.69, 9.17) is 5.73 Å². The van der Waals surface area contributed by atoms with Gasteiger partial charge in [-0.1, -0.05) is 0 Å². The molecule has 4 heteroatoms. The Labute approximate surface area is 78.8 Å². The second-order valence-electron chi connectivity index (χ2n) is 2.97. The molecule has 4 nitrogen and oxygen atoms in total. The summed E-state index contributed by atoms with van der Waals surface area (Å²) in [6, 6.07) is 3.78. The SMILES string of the molecule is CNCCN(C)c1ccc(N)nc1. The van der Waals surface area contributed by atoms with Crippen LogP contribution in [-0.2, 0) is 0 Å². The molecule has 72 valence electrons. The van der Waals surface area contributed by atoms with Crippen LogP contribution in [0.3, 0.4) is 0 Å². The maximum Gasteiger partial charge on any atom is 0.123 e. The molecule has 1 heterocycles. The first-order valence-corrected chi connectivity index (χ1v) is 4.31. The second-order valence-corrected chi connectivity index (χ2v) is 2.97. The van der Waals surface area contributed by atoms with Gasteiger partial charge in [0.2, 0.25) is 0 Å². The van der Waals surface area contributed by atoms with Gasteiger partial charge in [-0.15, -0.1) is 0 Å². The Bertz CT molecular complexity index is 244. The van der Waals surface area contributed by atoms with Gasteiger partial charge in [0.15, 0.2) is 0 Å². The lowest BCUT2D eigenvalue weighted by Crippen LogP contribution is -2.27. The lowest BCUT2D eigenvalue weighted by Gasteiger charge is -2.18. The lowest BCUT2D eigenvalue weighted by molar-refractivity contribution is 0.767. The number of likely N-dealkylation sites (N-methyl/N-ethyl adjacent to an activating group) is 2. The second kappa shape index (κ2) is 4.67. The molecule has 13 heavy (non-hydrogen) atoms. The highest BCUT2D eigenvalue weighted by Crippen LogP contribution is 2.10. The molecule has 0 aliphatic rings. The first kappa shape index (κ1) is 9.80. The zero-order valence-electron chi connectivity index (χ0n) is 8.12. The monoisotopic (exact) mass is 180 g/mol. The summed E-state index contributed by atoms with van der Waals surface area (Å²) in [6.45, 7) is 1.92. The molecular weight excluding hydrogens is 164 g/mol. The molecule has 3 N–H and O–H groups in total. The number of aromatic nitrogens is 1. The van der Waals surface area contributed by atoms with E-state index in [1.807, 2.05) is 26.2 Å². The smallest absolute Gasteiger partial charge is 0.123 e. The Morgan fingerprint density at radius 1 is 1.54 bits per heavy atom. The fourth-order valence-electron chi connectivity index (χ4n) is 1.03. The summed E-state index contributed by atoms with van der Waals surface area (Å²) < 4.78 is 0. The van der Waals surface area contributed by atoms with Gasteiger partial charge in [-0.05, 0) is 19.2 Å². The molecule has 0 bridgehead atoms. The van der Waals surface area contributed by atoms with Crippen LogP contribution in [0.4, 0.5) is 11.5 Å². The van der Waals surface area contributed by atoms with Crippen LogP contribution in [0.25, 0.3) is 0 Å². The third-order valence-electron chi connectivity index (χ3n) is 1.91. The summed E-state index contributed by atoms with van der Waals surface area (Å²) in [7, 11) is 3.97. The van der Waals surface area contributed by atoms with E-state index >= 15 is 0 Å². The van der Waals surface area contributed by atoms with E-state index < -0.39 is 0 Å². The first-order valence-electron chi connectivity index (χ1n) is 4.31. The fraction of sp³-hybridized carbons (Fsp3) is 0.444. The van der Waals surface area contributed by atoms with Crippen molar-refractivity contribution in [2.24, 2.45) is 0 Å². The van der Waals surface area contributed by atoms with Crippen molar-refractivity contribution >= 4 is 11.5 Å². The summed E-state index contributed by atoms with van der Waals surface area (Å²) in [5.74, 6) is 0.561. The van der Waals surface area contributed by atoms with Crippen molar-refractivity contribution in [3.63, 3.8) is 0 Å². The average molecular weight is 180 g/mol. The highest BCUT2D eigenvalue weighted by Gasteiger charge is 1.98. The maximum atomic E-state index is 5.48. The zero-order chi connectivity index (χ0) is 9.68. The van der Waals surface area contributed by atoms with Crippen molar-refractivity contribution in [1.82, 2.24) is 10.3 Å². The molecule has 0 aromatic carbocycles. The van der Waals surface area contributed by atoms with Gasteiger partial charge < -0.3 is 16.0 Å². The van der Waals surface area contributed by atoms with Crippen LogP contribution in [0, 0.1) is 0 Å². The predicted molar refractivity (Wildman–Crippen MR) is 55.8 cm³/mol. The van der Waals surface area contributed by atoms with E-state index in [1.165, 1.54) is 0 Å². The molecule has 0 aliphatic carbocycles. The van der Waals surface area contributed by atoms with E-state index in [-0.39, 0.29) is 0 Å². The molecule has 0 radical (unpaired) electrons. The molecule has 0 spiro atoms. The van der Waals surface area contributed by atoms with E-state index in [2.05, 4.69) is 15.2 Å². The minimum Gasteiger partial charge on any atom is -0.384 e. The van der Waals surface area contributed by atoms with E-state index in [0.717, 1.165) is 18.8 Å². The summed E-state index contributed by atoms with van der Waals surface area (Å²) in [5, 5.41) is 3.09. The van der Waals surface area contributed by atoms with Crippen molar-refractivity contribution in [2.75, 3.05) is 37.8 Å². The molecule has 0 amide bonds. The van der Waals surface area contributed by atoms with Gasteiger partial charge in [0.25, 0.3) is 0 Å². The van der Waals surface area contributed by atoms with Crippen LogP contribution >= 0.6 is 0 Å². The molecule has 0 atom stereocenters. The van der Waals surface area contributed by atoms with Crippen molar-refractivity contribution in [1.29, 1.82) is 0 Å². The van der Waals surface area contributed by atoms with Crippen LogP contribution in [-0.4, -0.2) is 32.2 Å². The molecule has 0 unspecified atom stereocenters. The topological polar surface area (TPSA) is 54.2 Å². The van der Waals surface area contributed by atoms with E-state index in [1.54, 1.807) is 6.20 Å². The van der Waals surface area contributed by atoms with E-state index in [0.29, 0.717) is 5.82 Å². The van der Waals surface area contributed by atoms with Gasteiger partial charge in [0.1, 0.15) is 5.82 Å². The number of nitrogens with zero attached hydrogens (tertiary/aromatic N) is 2. The molecule has 0 fully saturated rings. The molecular formula is C9H16N4. The fourth-order valence-corrected chi connectivity index (χ4v) is 1.03. The Hall–Kier alpha value is -1.29. The summed E-state index contributed by atoms with van der Waals surface area (Å²) in [6.07, 6.45) is 1.78. The van der Waals surface area contributed by atoms with Crippen LogP contribution < -0.4 is 16.0 Å². The molecule has 0 aliphatic heterocycles. The third-order valence-corrected chi connectivity index (χ3v) is 1.91. The van der Waals surface area contributed by atoms with Gasteiger partial charge in [-0.2, -0.15) is 0 Å². The highest BCUT2D eigenvalue weighted by atomic mass is 15.1. The minimum atomic E-state index is 0.561. The summed E-state index contributed by atoms with van der Waals surface area (Å²) >= 11 is 0. The van der Waals surface area contributed by atoms with Crippen LogP contribution in [0.1, 0.15) is 0 Å². The van der Waals surface area contributed by atoms with Gasteiger partial charge in [-0.3, -0.25) is 0 Å². The maximum absolute atomic E-state index is 5.48. The Balaban J connectivity index is 2.55. The van der Waals surface area contributed by atoms with Crippen LogP contribution in [0.5, 0.6) is 0 Å². The standard InChI is InChI=1S/C9H16N4/c1-11-5-6-13(2)8-3-4-9(10)12-7-8/h3-4,7,11H,5-6H2,1-2H3,(H2,10,12). The minimum absolute atomic E-state index is 0.561. The number of rotatable bonds is 4. The van der Waals surface area contributed by atoms with Gasteiger partial charge >= 0.3 is 0 Å². The van der Waals surface area contributed by atoms with Crippen LogP contribution in [0.2, 0.25) is 0 Å². The van der Waals surface area contributed by atoms with Crippen LogP contribution in [0.15, 0.2) is 18.3 Å². The molecule has 0 saturated carbocycles. The normalized spacial score (nSPS) is 10.0. The third kappa shape index (κ3) is 2.91. The number of nitrogens with two attached hydrogens (primary N) is 1. The van der Waals surface area contributed by atoms with Crippen molar-refractivity contribution in [3.8, 4) is 0 Å². The highest BCUT2D eigenvalue weighted by molar-refractivity contribution is 5.47. The molecule has 1 aromatic rings. The zero-order valence-corrected chi connectivity index (χ0v) is 8.12. The summed E-state index contributed by atoms with van der Waals surface area (Å²) in [4.78, 5) is 6.15. The van der Waals surface area contributed by atoms with Gasteiger partial charge in [-0.25, -0.2) is 4.98 Å². The quantitative estimate of drug-likeness (QED) is 0.700. The lowest BCUT2D eigenvalue weighted by atomic mass is 10.3. The number of nitrogens with one attached hydrogen (secondary N) is 1. The van der Waals surface area contributed by atoms with E-state index in [9.17, 15) is 0 Å². The van der Waals surface area contributed by atoms with Gasteiger partial charge in [0, 0.05) is 20.1 Å². The molecule has 1 rings (SSSR count). The Morgan fingerprint density at radius 3 is 2.85 bits per heavy atom. The summed E-state index contributed by atoms with van der Waals surface area (Å²) in [5.41, 5.74) is 6.57. The van der Waals surface area contributed by atoms with Crippen molar-refractivity contribution in [3.05, 3.63) is 18.3 Å². The number of anilines is 2. The predicted octanol–water partition coefficient (Wildman–Crippen LogP) is 0.319. The Morgan fingerprint density at radius 2 is 2.31 bits per heavy atom. The Kier molecular flexibility index (Phi) is 3.52. The number of nitrogen functional groups attached to an aromatic ring is 1. The number of hydrogen-bond donors (Lipinski definition) is 2. The molecule has 0 saturated heterocycles. The largest absolute Gasteiger partial charge is 0.384 e. The van der Waals surface area contributed by atoms with Crippen molar-refractivity contribution < 1.29 is 0 Å². The van der Waals surface area contributed by atoms with Crippen molar-refractivity contribution in [2.45, 2.75) is 0 Å². The molecule has 1 aromatic heterocycles. The average Bonchev–Trinajstić information content (AvgIpc) is 2.15. The van der Waals surface area contributed by atoms with Gasteiger partial charge in [0.05, 0.1) is 11.9 Å². The number of pyridine rings is 1.